The van der Waals surface area contributed by atoms with Crippen LogP contribution >= 0.6 is 0 Å². The summed E-state index contributed by atoms with van der Waals surface area (Å²) in [5.74, 6) is -3.56. The molecule has 0 saturated carbocycles. The van der Waals surface area contributed by atoms with E-state index >= 15 is 0 Å². The molecule has 0 spiro atoms. The minimum absolute atomic E-state index is 0.0298. The van der Waals surface area contributed by atoms with Gasteiger partial charge in [-0.25, -0.2) is 14.2 Å². The number of carboxylic acids is 1. The van der Waals surface area contributed by atoms with Crippen LogP contribution in [0.15, 0.2) is 34.0 Å². The molecule has 8 nitrogen and oxygen atoms in total. The summed E-state index contributed by atoms with van der Waals surface area (Å²) in [5.41, 5.74) is 3.58. The molecule has 142 valence electrons. The zero-order chi connectivity index (χ0) is 19.7. The molecular formula is C17H16F2N4O4. The second-order valence-corrected chi connectivity index (χ2v) is 6.05. The van der Waals surface area contributed by atoms with E-state index in [-0.39, 0.29) is 36.0 Å². The lowest BCUT2D eigenvalue weighted by Gasteiger charge is -2.34. The van der Waals surface area contributed by atoms with Crippen molar-refractivity contribution in [2.75, 3.05) is 6.54 Å². The molecule has 2 aromatic rings. The lowest BCUT2D eigenvalue weighted by Crippen LogP contribution is -2.54. The summed E-state index contributed by atoms with van der Waals surface area (Å²) in [7, 11) is 0. The maximum absolute atomic E-state index is 13.9. The number of halogens is 2. The smallest absolute Gasteiger partial charge is 0.324 e. The largest absolute Gasteiger partial charge is 0.480 e. The number of aliphatic carboxylic acids is 1. The summed E-state index contributed by atoms with van der Waals surface area (Å²) < 4.78 is 32.3. The van der Waals surface area contributed by atoms with Crippen molar-refractivity contribution in [1.29, 1.82) is 0 Å². The highest BCUT2D eigenvalue weighted by molar-refractivity contribution is 6.00. The number of carbonyl (C=O) groups is 2. The first-order valence-corrected chi connectivity index (χ1v) is 8.02. The van der Waals surface area contributed by atoms with Gasteiger partial charge in [0.2, 0.25) is 11.7 Å². The lowest BCUT2D eigenvalue weighted by molar-refractivity contribution is -0.139. The second-order valence-electron chi connectivity index (χ2n) is 6.05. The van der Waals surface area contributed by atoms with Gasteiger partial charge in [-0.2, -0.15) is 4.98 Å². The molecule has 1 unspecified atom stereocenters. The minimum atomic E-state index is -1.10. The molecule has 1 aliphatic heterocycles. The third-order valence-electron chi connectivity index (χ3n) is 4.28. The number of hydrogen-bond acceptors (Lipinski definition) is 7. The van der Waals surface area contributed by atoms with Gasteiger partial charge in [0.1, 0.15) is 6.54 Å². The molecule has 0 aliphatic carbocycles. The normalized spacial score (nSPS) is 17.6. The number of Topliss-reactive ketones (excluding diaryl/α,β-unsaturated/α-hetero) is 1. The number of hydrogen-bond donors (Lipinski definition) is 2. The predicted octanol–water partition coefficient (Wildman–Crippen LogP) is 1.69. The van der Waals surface area contributed by atoms with Crippen LogP contribution in [0.25, 0.3) is 11.4 Å². The Morgan fingerprint density at radius 3 is 2.81 bits per heavy atom. The summed E-state index contributed by atoms with van der Waals surface area (Å²) >= 11 is 0. The Kier molecular flexibility index (Phi) is 5.00. The van der Waals surface area contributed by atoms with E-state index in [2.05, 4.69) is 15.6 Å². The molecule has 0 bridgehead atoms. The number of nitrogens with zero attached hydrogens (tertiary/aromatic N) is 3. The van der Waals surface area contributed by atoms with Gasteiger partial charge >= 0.3 is 5.97 Å². The zero-order valence-electron chi connectivity index (χ0n) is 14.5. The van der Waals surface area contributed by atoms with Crippen molar-refractivity contribution in [1.82, 2.24) is 20.6 Å². The third kappa shape index (κ3) is 3.70. The summed E-state index contributed by atoms with van der Waals surface area (Å²) in [4.78, 5) is 27.5. The van der Waals surface area contributed by atoms with Gasteiger partial charge in [-0.1, -0.05) is 11.2 Å². The van der Waals surface area contributed by atoms with Crippen LogP contribution in [-0.2, 0) is 16.0 Å². The van der Waals surface area contributed by atoms with E-state index in [4.69, 9.17) is 9.63 Å². The van der Waals surface area contributed by atoms with Crippen molar-refractivity contribution in [3.63, 3.8) is 0 Å². The van der Waals surface area contributed by atoms with Gasteiger partial charge in [0, 0.05) is 11.3 Å². The molecule has 0 radical (unpaired) electrons. The van der Waals surface area contributed by atoms with E-state index in [0.29, 0.717) is 11.3 Å². The van der Waals surface area contributed by atoms with Gasteiger partial charge in [-0.3, -0.25) is 9.59 Å². The van der Waals surface area contributed by atoms with Crippen LogP contribution in [0, 0.1) is 11.6 Å². The van der Waals surface area contributed by atoms with E-state index < -0.39 is 23.6 Å². The van der Waals surface area contributed by atoms with Crippen LogP contribution in [0.3, 0.4) is 0 Å². The molecule has 1 aromatic heterocycles. The Bertz CT molecular complexity index is 941. The average molecular weight is 378 g/mol. The van der Waals surface area contributed by atoms with Gasteiger partial charge in [0.05, 0.1) is 18.0 Å². The second kappa shape index (κ2) is 7.23. The number of benzene rings is 1. The Morgan fingerprint density at radius 1 is 1.37 bits per heavy atom. The fraction of sp³-hybridized carbons (Fsp3) is 0.294. The van der Waals surface area contributed by atoms with Crippen LogP contribution in [-0.4, -0.2) is 44.6 Å². The van der Waals surface area contributed by atoms with Gasteiger partial charge in [0.25, 0.3) is 0 Å². The van der Waals surface area contributed by atoms with Gasteiger partial charge in [-0.05, 0) is 26.0 Å². The fourth-order valence-corrected chi connectivity index (χ4v) is 2.72. The predicted molar refractivity (Wildman–Crippen MR) is 88.0 cm³/mol. The number of carbonyl (C=O) groups excluding carboxylic acids is 1. The molecule has 2 N–H and O–H groups in total. The van der Waals surface area contributed by atoms with Crippen molar-refractivity contribution in [3.8, 4) is 11.4 Å². The minimum Gasteiger partial charge on any atom is -0.480 e. The number of hydrazine groups is 1. The Balaban J connectivity index is 1.81. The summed E-state index contributed by atoms with van der Waals surface area (Å²) in [5, 5.41) is 14.0. The molecule has 1 atom stereocenters. The molecular weight excluding hydrogens is 362 g/mol. The third-order valence-corrected chi connectivity index (χ3v) is 4.28. The standard InChI is InChI=1S/C17H16F2N4O4/c1-8-9(2)23(7-14(24)25)21-12(16(8)26)6-13-20-17(22-27-13)10-4-3-5-11(18)15(10)19/h3-5,12,21H,6-7H2,1-2H3,(H,24,25). The van der Waals surface area contributed by atoms with Crippen molar-refractivity contribution >= 4 is 11.8 Å². The van der Waals surface area contributed by atoms with E-state index in [1.807, 2.05) is 0 Å². The quantitative estimate of drug-likeness (QED) is 0.809. The van der Waals surface area contributed by atoms with Gasteiger partial charge < -0.3 is 14.6 Å². The highest BCUT2D eigenvalue weighted by atomic mass is 19.2. The SMILES string of the molecule is CC1=C(C)N(CC(=O)O)NC(Cc2nc(-c3cccc(F)c3F)no2)C1=O. The molecule has 1 aromatic carbocycles. The Labute approximate surface area is 152 Å². The molecule has 27 heavy (non-hydrogen) atoms. The Morgan fingerprint density at radius 2 is 2.11 bits per heavy atom. The molecule has 1 aliphatic rings. The van der Waals surface area contributed by atoms with Crippen LogP contribution in [0.1, 0.15) is 19.7 Å². The monoisotopic (exact) mass is 378 g/mol. The molecule has 0 saturated heterocycles. The molecule has 10 heteroatoms. The summed E-state index contributed by atoms with van der Waals surface area (Å²) in [6, 6.07) is 2.77. The van der Waals surface area contributed by atoms with Crippen LogP contribution < -0.4 is 5.43 Å². The van der Waals surface area contributed by atoms with Crippen molar-refractivity contribution in [2.24, 2.45) is 0 Å². The number of nitrogens with one attached hydrogen (secondary N) is 1. The van der Waals surface area contributed by atoms with Gasteiger partial charge in [0.15, 0.2) is 17.4 Å². The van der Waals surface area contributed by atoms with E-state index in [9.17, 15) is 18.4 Å². The average Bonchev–Trinajstić information content (AvgIpc) is 3.07. The number of rotatable bonds is 5. The molecule has 3 rings (SSSR count). The molecule has 0 fully saturated rings. The highest BCUT2D eigenvalue weighted by Gasteiger charge is 2.32. The van der Waals surface area contributed by atoms with Crippen LogP contribution in [0.5, 0.6) is 0 Å². The molecule has 0 amide bonds. The highest BCUT2D eigenvalue weighted by Crippen LogP contribution is 2.23. The Hall–Kier alpha value is -3.14. The zero-order valence-corrected chi connectivity index (χ0v) is 14.5. The van der Waals surface area contributed by atoms with Crippen molar-refractivity contribution in [2.45, 2.75) is 26.3 Å². The first-order valence-electron chi connectivity index (χ1n) is 8.02. The van der Waals surface area contributed by atoms with Gasteiger partial charge in [-0.15, -0.1) is 0 Å². The van der Waals surface area contributed by atoms with Crippen LogP contribution in [0.2, 0.25) is 0 Å². The summed E-state index contributed by atoms with van der Waals surface area (Å²) in [6.07, 6.45) is -0.0382. The summed E-state index contributed by atoms with van der Waals surface area (Å²) in [6.45, 7) is 2.90. The first-order chi connectivity index (χ1) is 12.8. The van der Waals surface area contributed by atoms with Crippen molar-refractivity contribution < 1.29 is 28.0 Å². The van der Waals surface area contributed by atoms with E-state index in [0.717, 1.165) is 6.07 Å². The number of ketones is 1. The first kappa shape index (κ1) is 18.6. The maximum atomic E-state index is 13.9. The van der Waals surface area contributed by atoms with E-state index in [1.165, 1.54) is 17.1 Å². The topological polar surface area (TPSA) is 109 Å². The van der Waals surface area contributed by atoms with E-state index in [1.54, 1.807) is 13.8 Å². The number of allylic oxidation sites excluding steroid dienone is 1. The fourth-order valence-electron chi connectivity index (χ4n) is 2.72. The lowest BCUT2D eigenvalue weighted by atomic mass is 9.99. The number of carboxylic acid groups (broad SMARTS) is 1. The maximum Gasteiger partial charge on any atom is 0.324 e. The van der Waals surface area contributed by atoms with Crippen LogP contribution in [0.4, 0.5) is 8.78 Å². The molecule has 2 heterocycles. The number of aromatic nitrogens is 2. The van der Waals surface area contributed by atoms with Crippen molar-refractivity contribution in [3.05, 3.63) is 47.0 Å².